The molecular weight excluding hydrogens is 310 g/mol. The van der Waals surface area contributed by atoms with Gasteiger partial charge in [0.25, 0.3) is 0 Å². The molecule has 1 aliphatic rings. The number of aliphatic hydroxyl groups is 1. The van der Waals surface area contributed by atoms with Crippen LogP contribution in [0.25, 0.3) is 0 Å². The predicted molar refractivity (Wildman–Crippen MR) is 88.2 cm³/mol. The van der Waals surface area contributed by atoms with Crippen molar-refractivity contribution in [1.29, 1.82) is 0 Å². The van der Waals surface area contributed by atoms with E-state index in [9.17, 15) is 14.7 Å². The molecule has 24 heavy (non-hydrogen) atoms. The van der Waals surface area contributed by atoms with Crippen LogP contribution in [-0.2, 0) is 20.9 Å². The second-order valence-corrected chi connectivity index (χ2v) is 7.28. The van der Waals surface area contributed by atoms with Gasteiger partial charge in [-0.3, -0.25) is 4.90 Å². The van der Waals surface area contributed by atoms with E-state index >= 15 is 0 Å². The van der Waals surface area contributed by atoms with Crippen LogP contribution < -0.4 is 0 Å². The number of benzene rings is 1. The Morgan fingerprint density at radius 1 is 1.29 bits per heavy atom. The highest BCUT2D eigenvalue weighted by atomic mass is 16.6. The van der Waals surface area contributed by atoms with E-state index < -0.39 is 29.3 Å². The molecule has 1 aromatic rings. The Hall–Kier alpha value is -2.08. The van der Waals surface area contributed by atoms with E-state index in [1.165, 1.54) is 4.90 Å². The van der Waals surface area contributed by atoms with Gasteiger partial charge in [0.05, 0.1) is 12.6 Å². The molecule has 0 saturated carbocycles. The highest BCUT2D eigenvalue weighted by molar-refractivity contribution is 5.86. The van der Waals surface area contributed by atoms with E-state index in [1.807, 2.05) is 30.3 Å². The van der Waals surface area contributed by atoms with Gasteiger partial charge in [-0.1, -0.05) is 30.3 Å². The summed E-state index contributed by atoms with van der Waals surface area (Å²) in [5.74, 6) is -0.547. The number of hydrogen-bond donors (Lipinski definition) is 1. The van der Waals surface area contributed by atoms with E-state index in [2.05, 4.69) is 0 Å². The largest absolute Gasteiger partial charge is 0.459 e. The number of amides is 1. The van der Waals surface area contributed by atoms with Crippen molar-refractivity contribution in [2.24, 2.45) is 0 Å². The molecule has 0 aliphatic carbocycles. The maximum atomic E-state index is 12.6. The van der Waals surface area contributed by atoms with E-state index in [4.69, 9.17) is 9.47 Å². The molecule has 2 atom stereocenters. The third-order valence-electron chi connectivity index (χ3n) is 3.89. The van der Waals surface area contributed by atoms with Gasteiger partial charge in [-0.05, 0) is 33.3 Å². The van der Waals surface area contributed by atoms with Crippen molar-refractivity contribution < 1.29 is 24.2 Å². The highest BCUT2D eigenvalue weighted by Crippen LogP contribution is 2.32. The molecule has 0 aromatic heterocycles. The molecule has 6 heteroatoms. The predicted octanol–water partition coefficient (Wildman–Crippen LogP) is 2.49. The zero-order valence-electron chi connectivity index (χ0n) is 14.6. The van der Waals surface area contributed by atoms with Gasteiger partial charge in [-0.25, -0.2) is 9.59 Å². The first-order valence-corrected chi connectivity index (χ1v) is 8.02. The summed E-state index contributed by atoms with van der Waals surface area (Å²) in [4.78, 5) is 26.2. The molecule has 1 aromatic carbocycles. The minimum atomic E-state index is -1.24. The van der Waals surface area contributed by atoms with E-state index in [0.29, 0.717) is 0 Å². The minimum absolute atomic E-state index is 0.0475. The molecule has 1 N–H and O–H groups in total. The number of carbonyl (C=O) groups excluding carboxylic acids is 2. The van der Waals surface area contributed by atoms with Gasteiger partial charge < -0.3 is 14.6 Å². The van der Waals surface area contributed by atoms with Crippen LogP contribution in [0.3, 0.4) is 0 Å². The maximum absolute atomic E-state index is 12.6. The lowest BCUT2D eigenvalue weighted by Crippen LogP contribution is -2.52. The van der Waals surface area contributed by atoms with Crippen molar-refractivity contribution in [2.75, 3.05) is 6.54 Å². The number of hydrogen-bond acceptors (Lipinski definition) is 5. The first-order chi connectivity index (χ1) is 11.1. The molecule has 1 aliphatic heterocycles. The SMILES string of the molecule is CC(C)(C)OC(=O)N1CC(O)C[C@@]1(C)C(=O)OCc1ccccc1. The molecule has 0 spiro atoms. The van der Waals surface area contributed by atoms with Gasteiger partial charge >= 0.3 is 12.1 Å². The quantitative estimate of drug-likeness (QED) is 0.859. The Kier molecular flexibility index (Phi) is 5.18. The molecule has 0 radical (unpaired) electrons. The molecule has 132 valence electrons. The summed E-state index contributed by atoms with van der Waals surface area (Å²) < 4.78 is 10.7. The summed E-state index contributed by atoms with van der Waals surface area (Å²) >= 11 is 0. The van der Waals surface area contributed by atoms with Crippen molar-refractivity contribution in [3.8, 4) is 0 Å². The van der Waals surface area contributed by atoms with E-state index in [-0.39, 0.29) is 19.6 Å². The summed E-state index contributed by atoms with van der Waals surface area (Å²) in [6.07, 6.45) is -1.29. The Morgan fingerprint density at radius 3 is 2.50 bits per heavy atom. The van der Waals surface area contributed by atoms with Gasteiger partial charge in [0.1, 0.15) is 17.7 Å². The van der Waals surface area contributed by atoms with Crippen molar-refractivity contribution >= 4 is 12.1 Å². The van der Waals surface area contributed by atoms with Gasteiger partial charge in [0, 0.05) is 6.42 Å². The third-order valence-corrected chi connectivity index (χ3v) is 3.89. The standard InChI is InChI=1S/C18H25NO5/c1-17(2,3)24-16(22)19-11-14(20)10-18(19,4)15(21)23-12-13-8-6-5-7-9-13/h5-9,14,20H,10-12H2,1-4H3/t14?,18-/m0/s1. The summed E-state index contributed by atoms with van der Waals surface area (Å²) in [7, 11) is 0. The lowest BCUT2D eigenvalue weighted by Gasteiger charge is -2.34. The van der Waals surface area contributed by atoms with Gasteiger partial charge in [-0.15, -0.1) is 0 Å². The van der Waals surface area contributed by atoms with Crippen LogP contribution in [0, 0.1) is 0 Å². The molecule has 1 amide bonds. The topological polar surface area (TPSA) is 76.1 Å². The molecule has 1 heterocycles. The number of rotatable bonds is 3. The zero-order valence-corrected chi connectivity index (χ0v) is 14.6. The number of nitrogens with zero attached hydrogens (tertiary/aromatic N) is 1. The molecule has 6 nitrogen and oxygen atoms in total. The number of esters is 1. The monoisotopic (exact) mass is 335 g/mol. The fraction of sp³-hybridized carbons (Fsp3) is 0.556. The van der Waals surface area contributed by atoms with Crippen LogP contribution in [0.15, 0.2) is 30.3 Å². The van der Waals surface area contributed by atoms with Crippen molar-refractivity contribution in [2.45, 2.75) is 58.0 Å². The van der Waals surface area contributed by atoms with Crippen LogP contribution in [0.1, 0.15) is 39.7 Å². The smallest absolute Gasteiger partial charge is 0.411 e. The molecule has 1 saturated heterocycles. The van der Waals surface area contributed by atoms with E-state index in [1.54, 1.807) is 27.7 Å². The number of likely N-dealkylation sites (tertiary alicyclic amines) is 1. The summed E-state index contributed by atoms with van der Waals surface area (Å²) in [6.45, 7) is 7.02. The van der Waals surface area contributed by atoms with Gasteiger partial charge in [0.2, 0.25) is 0 Å². The summed E-state index contributed by atoms with van der Waals surface area (Å²) in [5, 5.41) is 9.96. The van der Waals surface area contributed by atoms with Gasteiger partial charge in [-0.2, -0.15) is 0 Å². The molecule has 0 bridgehead atoms. The van der Waals surface area contributed by atoms with Crippen molar-refractivity contribution in [1.82, 2.24) is 4.90 Å². The van der Waals surface area contributed by atoms with Crippen molar-refractivity contribution in [3.05, 3.63) is 35.9 Å². The van der Waals surface area contributed by atoms with Crippen LogP contribution in [0.2, 0.25) is 0 Å². The average Bonchev–Trinajstić information content (AvgIpc) is 2.80. The molecule has 2 rings (SSSR count). The number of ether oxygens (including phenoxy) is 2. The maximum Gasteiger partial charge on any atom is 0.411 e. The second kappa shape index (κ2) is 6.81. The fourth-order valence-electron chi connectivity index (χ4n) is 2.71. The van der Waals surface area contributed by atoms with Crippen LogP contribution in [-0.4, -0.2) is 45.9 Å². The molecule has 1 unspecified atom stereocenters. The third kappa shape index (κ3) is 4.26. The average molecular weight is 335 g/mol. The first kappa shape index (κ1) is 18.3. The molecular formula is C18H25NO5. The second-order valence-electron chi connectivity index (χ2n) is 7.28. The lowest BCUT2D eigenvalue weighted by atomic mass is 9.98. The fourth-order valence-corrected chi connectivity index (χ4v) is 2.71. The zero-order chi connectivity index (χ0) is 18.0. The number of carbonyl (C=O) groups is 2. The Bertz CT molecular complexity index is 595. The normalized spacial score (nSPS) is 23.9. The Morgan fingerprint density at radius 2 is 1.92 bits per heavy atom. The first-order valence-electron chi connectivity index (χ1n) is 8.02. The summed E-state index contributed by atoms with van der Waals surface area (Å²) in [5.41, 5.74) is -1.06. The van der Waals surface area contributed by atoms with Crippen LogP contribution in [0.5, 0.6) is 0 Å². The highest BCUT2D eigenvalue weighted by Gasteiger charge is 2.52. The Balaban J connectivity index is 2.09. The minimum Gasteiger partial charge on any atom is -0.459 e. The van der Waals surface area contributed by atoms with Crippen LogP contribution in [0.4, 0.5) is 4.79 Å². The van der Waals surface area contributed by atoms with E-state index in [0.717, 1.165) is 5.56 Å². The van der Waals surface area contributed by atoms with Crippen molar-refractivity contribution in [3.63, 3.8) is 0 Å². The van der Waals surface area contributed by atoms with Crippen LogP contribution >= 0.6 is 0 Å². The van der Waals surface area contributed by atoms with Gasteiger partial charge in [0.15, 0.2) is 0 Å². The lowest BCUT2D eigenvalue weighted by molar-refractivity contribution is -0.156. The Labute approximate surface area is 142 Å². The number of aliphatic hydroxyl groups excluding tert-OH is 1. The molecule has 1 fully saturated rings. The number of β-amino-alcohol motifs (C(OH)–C–C–N with tert-alkyl or cyclic N) is 1. The summed E-state index contributed by atoms with van der Waals surface area (Å²) in [6, 6.07) is 9.30.